The van der Waals surface area contributed by atoms with E-state index in [-0.39, 0.29) is 0 Å². The number of rotatable bonds is 10. The molecule has 0 aliphatic rings. The van der Waals surface area contributed by atoms with Crippen molar-refractivity contribution >= 4 is 23.2 Å². The fourth-order valence-electron chi connectivity index (χ4n) is 2.33. The van der Waals surface area contributed by atoms with E-state index in [4.69, 9.17) is 27.9 Å². The number of nitrogens with one attached hydrogen (secondary N) is 2. The summed E-state index contributed by atoms with van der Waals surface area (Å²) in [6.07, 6.45) is 1.09. The molecule has 0 fully saturated rings. The van der Waals surface area contributed by atoms with Gasteiger partial charge in [0, 0.05) is 6.54 Å². The second-order valence-electron chi connectivity index (χ2n) is 5.55. The van der Waals surface area contributed by atoms with Gasteiger partial charge in [0.2, 0.25) is 0 Å². The molecule has 0 saturated heterocycles. The zero-order chi connectivity index (χ0) is 17.2. The minimum absolute atomic E-state index is 0.447. The van der Waals surface area contributed by atoms with Gasteiger partial charge in [-0.3, -0.25) is 0 Å². The van der Waals surface area contributed by atoms with Crippen molar-refractivity contribution in [3.8, 4) is 5.75 Å². The molecule has 5 heteroatoms. The lowest BCUT2D eigenvalue weighted by Crippen LogP contribution is -2.21. The van der Waals surface area contributed by atoms with E-state index >= 15 is 0 Å². The first-order chi connectivity index (χ1) is 11.7. The second-order valence-corrected chi connectivity index (χ2v) is 6.36. The molecule has 0 unspecified atom stereocenters. The largest absolute Gasteiger partial charge is 0.486 e. The highest BCUT2D eigenvalue weighted by Crippen LogP contribution is 2.34. The Morgan fingerprint density at radius 3 is 2.25 bits per heavy atom. The van der Waals surface area contributed by atoms with Gasteiger partial charge >= 0.3 is 0 Å². The lowest BCUT2D eigenvalue weighted by atomic mass is 10.2. The van der Waals surface area contributed by atoms with Gasteiger partial charge in [-0.2, -0.15) is 0 Å². The summed E-state index contributed by atoms with van der Waals surface area (Å²) in [4.78, 5) is 0. The number of halogens is 2. The van der Waals surface area contributed by atoms with E-state index in [0.717, 1.165) is 43.7 Å². The van der Waals surface area contributed by atoms with Crippen LogP contribution in [0.25, 0.3) is 0 Å². The van der Waals surface area contributed by atoms with Gasteiger partial charge in [-0.05, 0) is 49.3 Å². The third-order valence-electron chi connectivity index (χ3n) is 3.57. The minimum Gasteiger partial charge on any atom is -0.486 e. The molecule has 0 aliphatic heterocycles. The molecule has 0 saturated carbocycles. The van der Waals surface area contributed by atoms with Crippen LogP contribution >= 0.6 is 23.2 Å². The molecule has 0 heterocycles. The van der Waals surface area contributed by atoms with Crippen LogP contribution in [0.5, 0.6) is 5.75 Å². The van der Waals surface area contributed by atoms with Crippen LogP contribution < -0.4 is 15.4 Å². The average molecular weight is 367 g/mol. The van der Waals surface area contributed by atoms with Crippen LogP contribution in [0.1, 0.15) is 24.5 Å². The molecule has 130 valence electrons. The third kappa shape index (κ3) is 6.33. The SMILES string of the molecule is CCNCCCNCc1cc(Cl)c(OCc2ccccc2)c(Cl)c1. The van der Waals surface area contributed by atoms with Gasteiger partial charge in [-0.25, -0.2) is 0 Å². The lowest BCUT2D eigenvalue weighted by molar-refractivity contribution is 0.306. The van der Waals surface area contributed by atoms with E-state index in [9.17, 15) is 0 Å². The molecule has 2 rings (SSSR count). The zero-order valence-corrected chi connectivity index (χ0v) is 15.5. The van der Waals surface area contributed by atoms with Crippen LogP contribution in [0.4, 0.5) is 0 Å². The summed E-state index contributed by atoms with van der Waals surface area (Å²) in [5, 5.41) is 7.78. The maximum absolute atomic E-state index is 6.34. The molecule has 2 N–H and O–H groups in total. The molecule has 0 aromatic heterocycles. The van der Waals surface area contributed by atoms with E-state index in [1.807, 2.05) is 42.5 Å². The Morgan fingerprint density at radius 1 is 0.917 bits per heavy atom. The van der Waals surface area contributed by atoms with Crippen molar-refractivity contribution in [1.29, 1.82) is 0 Å². The van der Waals surface area contributed by atoms with Crippen molar-refractivity contribution in [2.45, 2.75) is 26.5 Å². The van der Waals surface area contributed by atoms with Gasteiger partial charge < -0.3 is 15.4 Å². The van der Waals surface area contributed by atoms with Gasteiger partial charge in [0.25, 0.3) is 0 Å². The Hall–Kier alpha value is -1.26. The van der Waals surface area contributed by atoms with Crippen LogP contribution in [0.15, 0.2) is 42.5 Å². The maximum atomic E-state index is 6.34. The number of ether oxygens (including phenoxy) is 1. The molecule has 0 spiro atoms. The van der Waals surface area contributed by atoms with E-state index in [1.54, 1.807) is 0 Å². The normalized spacial score (nSPS) is 10.8. The van der Waals surface area contributed by atoms with Gasteiger partial charge in [-0.15, -0.1) is 0 Å². The topological polar surface area (TPSA) is 33.3 Å². The Balaban J connectivity index is 1.86. The minimum atomic E-state index is 0.447. The molecule has 0 amide bonds. The van der Waals surface area contributed by atoms with E-state index in [2.05, 4.69) is 17.6 Å². The molecule has 3 nitrogen and oxygen atoms in total. The van der Waals surface area contributed by atoms with Crippen molar-refractivity contribution in [3.05, 3.63) is 63.6 Å². The van der Waals surface area contributed by atoms with Gasteiger partial charge in [-0.1, -0.05) is 60.5 Å². The van der Waals surface area contributed by atoms with Crippen molar-refractivity contribution in [3.63, 3.8) is 0 Å². The fourth-order valence-corrected chi connectivity index (χ4v) is 2.97. The highest BCUT2D eigenvalue weighted by Gasteiger charge is 2.10. The van der Waals surface area contributed by atoms with Crippen molar-refractivity contribution in [2.24, 2.45) is 0 Å². The smallest absolute Gasteiger partial charge is 0.156 e. The summed E-state index contributed by atoms with van der Waals surface area (Å²) in [6.45, 7) is 6.28. The third-order valence-corrected chi connectivity index (χ3v) is 4.13. The zero-order valence-electron chi connectivity index (χ0n) is 13.9. The standard InChI is InChI=1S/C19H24Cl2N2O/c1-2-22-9-6-10-23-13-16-11-17(20)19(18(21)12-16)24-14-15-7-4-3-5-8-15/h3-5,7-8,11-12,22-23H,2,6,9-10,13-14H2,1H3. The van der Waals surface area contributed by atoms with Crippen LogP contribution in [0, 0.1) is 0 Å². The number of hydrogen-bond acceptors (Lipinski definition) is 3. The lowest BCUT2D eigenvalue weighted by Gasteiger charge is -2.12. The Kier molecular flexibility index (Phi) is 8.40. The summed E-state index contributed by atoms with van der Waals surface area (Å²) >= 11 is 12.7. The van der Waals surface area contributed by atoms with E-state index in [1.165, 1.54) is 0 Å². The van der Waals surface area contributed by atoms with Crippen molar-refractivity contribution in [2.75, 3.05) is 19.6 Å². The first kappa shape index (κ1) is 19.1. The van der Waals surface area contributed by atoms with Crippen LogP contribution in [0.3, 0.4) is 0 Å². The molecule has 0 atom stereocenters. The fraction of sp³-hybridized carbons (Fsp3) is 0.368. The highest BCUT2D eigenvalue weighted by molar-refractivity contribution is 6.37. The highest BCUT2D eigenvalue weighted by atomic mass is 35.5. The van der Waals surface area contributed by atoms with Crippen LogP contribution in [-0.2, 0) is 13.2 Å². The molecule has 0 aliphatic carbocycles. The predicted octanol–water partition coefficient (Wildman–Crippen LogP) is 4.66. The maximum Gasteiger partial charge on any atom is 0.156 e. The molecule has 0 bridgehead atoms. The van der Waals surface area contributed by atoms with Gasteiger partial charge in [0.1, 0.15) is 6.61 Å². The molecule has 24 heavy (non-hydrogen) atoms. The monoisotopic (exact) mass is 366 g/mol. The summed E-state index contributed by atoms with van der Waals surface area (Å²) in [6, 6.07) is 13.8. The van der Waals surface area contributed by atoms with Crippen molar-refractivity contribution in [1.82, 2.24) is 10.6 Å². The predicted molar refractivity (Wildman–Crippen MR) is 102 cm³/mol. The molecular formula is C19H24Cl2N2O. The Labute approximate surface area is 154 Å². The molecule has 0 radical (unpaired) electrons. The number of benzene rings is 2. The first-order valence-electron chi connectivity index (χ1n) is 8.26. The Morgan fingerprint density at radius 2 is 1.58 bits per heavy atom. The van der Waals surface area contributed by atoms with Crippen LogP contribution in [-0.4, -0.2) is 19.6 Å². The van der Waals surface area contributed by atoms with E-state index in [0.29, 0.717) is 22.4 Å². The van der Waals surface area contributed by atoms with Gasteiger partial charge in [0.15, 0.2) is 5.75 Å². The molecule has 2 aromatic carbocycles. The molecular weight excluding hydrogens is 343 g/mol. The second kappa shape index (κ2) is 10.6. The summed E-state index contributed by atoms with van der Waals surface area (Å²) in [5.41, 5.74) is 2.14. The van der Waals surface area contributed by atoms with E-state index < -0.39 is 0 Å². The summed E-state index contributed by atoms with van der Waals surface area (Å²) < 4.78 is 5.79. The number of hydrogen-bond donors (Lipinski definition) is 2. The summed E-state index contributed by atoms with van der Waals surface area (Å²) in [5.74, 6) is 0.540. The van der Waals surface area contributed by atoms with Crippen molar-refractivity contribution < 1.29 is 4.74 Å². The van der Waals surface area contributed by atoms with Gasteiger partial charge in [0.05, 0.1) is 10.0 Å². The average Bonchev–Trinajstić information content (AvgIpc) is 2.58. The Bertz CT molecular complexity index is 597. The quantitative estimate of drug-likeness (QED) is 0.599. The molecule has 2 aromatic rings. The first-order valence-corrected chi connectivity index (χ1v) is 9.02. The van der Waals surface area contributed by atoms with Crippen LogP contribution in [0.2, 0.25) is 10.0 Å². The summed E-state index contributed by atoms with van der Waals surface area (Å²) in [7, 11) is 0.